The summed E-state index contributed by atoms with van der Waals surface area (Å²) in [5, 5.41) is 9.42. The maximum absolute atomic E-state index is 10.9. The molecule has 2 rings (SSSR count). The van der Waals surface area contributed by atoms with Gasteiger partial charge in [-0.25, -0.2) is 0 Å². The highest BCUT2D eigenvalue weighted by Gasteiger charge is 2.10. The van der Waals surface area contributed by atoms with Crippen molar-refractivity contribution in [3.8, 4) is 11.5 Å². The molecule has 0 aliphatic carbocycles. The molecule has 2 aromatic rings. The molecule has 0 aliphatic heterocycles. The zero-order valence-electron chi connectivity index (χ0n) is 11.3. The second kappa shape index (κ2) is 5.97. The van der Waals surface area contributed by atoms with E-state index in [9.17, 15) is 4.79 Å². The van der Waals surface area contributed by atoms with Crippen LogP contribution in [0.4, 0.5) is 0 Å². The summed E-state index contributed by atoms with van der Waals surface area (Å²) in [5.41, 5.74) is 2.86. The summed E-state index contributed by atoms with van der Waals surface area (Å²) in [6.45, 7) is 4.03. The van der Waals surface area contributed by atoms with Crippen LogP contribution in [0.5, 0.6) is 11.5 Å². The highest BCUT2D eigenvalue weighted by Crippen LogP contribution is 2.29. The number of carboxylic acid groups (broad SMARTS) is 1. The number of aliphatic carboxylic acids is 1. The SMILES string of the molecule is Cc1ccc(Oc2ccc(Cl)cc2CC(=O)O)cc1C. The van der Waals surface area contributed by atoms with E-state index in [1.165, 1.54) is 5.56 Å². The quantitative estimate of drug-likeness (QED) is 0.909. The smallest absolute Gasteiger partial charge is 0.307 e. The predicted molar refractivity (Wildman–Crippen MR) is 78.8 cm³/mol. The zero-order valence-corrected chi connectivity index (χ0v) is 12.1. The Bertz CT molecular complexity index is 650. The summed E-state index contributed by atoms with van der Waals surface area (Å²) in [4.78, 5) is 10.9. The van der Waals surface area contributed by atoms with Gasteiger partial charge in [-0.05, 0) is 55.3 Å². The minimum absolute atomic E-state index is 0.124. The maximum atomic E-state index is 10.9. The van der Waals surface area contributed by atoms with Crippen molar-refractivity contribution >= 4 is 17.6 Å². The maximum Gasteiger partial charge on any atom is 0.307 e. The first-order valence-electron chi connectivity index (χ1n) is 6.21. The number of ether oxygens (including phenoxy) is 1. The third kappa shape index (κ3) is 3.52. The van der Waals surface area contributed by atoms with Crippen LogP contribution in [0.15, 0.2) is 36.4 Å². The molecule has 0 fully saturated rings. The average Bonchev–Trinajstić information content (AvgIpc) is 2.36. The topological polar surface area (TPSA) is 46.5 Å². The Kier molecular flexibility index (Phi) is 4.30. The Morgan fingerprint density at radius 2 is 1.90 bits per heavy atom. The molecule has 2 aromatic carbocycles. The van der Waals surface area contributed by atoms with Crippen LogP contribution in [0.25, 0.3) is 0 Å². The first-order chi connectivity index (χ1) is 9.45. The number of benzene rings is 2. The third-order valence-corrected chi connectivity index (χ3v) is 3.31. The van der Waals surface area contributed by atoms with Gasteiger partial charge in [-0.3, -0.25) is 4.79 Å². The van der Waals surface area contributed by atoms with Gasteiger partial charge in [0.15, 0.2) is 0 Å². The van der Waals surface area contributed by atoms with E-state index in [0.717, 1.165) is 5.56 Å². The van der Waals surface area contributed by atoms with Crippen LogP contribution in [-0.2, 0) is 11.2 Å². The lowest BCUT2D eigenvalue weighted by Gasteiger charge is -2.11. The number of carboxylic acids is 1. The fourth-order valence-corrected chi connectivity index (χ4v) is 2.05. The molecular formula is C16H15ClO3. The van der Waals surface area contributed by atoms with Crippen molar-refractivity contribution in [2.75, 3.05) is 0 Å². The van der Waals surface area contributed by atoms with Crippen LogP contribution < -0.4 is 4.74 Å². The molecule has 4 heteroatoms. The molecule has 0 amide bonds. The number of hydrogen-bond acceptors (Lipinski definition) is 2. The van der Waals surface area contributed by atoms with Crippen LogP contribution in [0.2, 0.25) is 5.02 Å². The minimum atomic E-state index is -0.919. The van der Waals surface area contributed by atoms with E-state index in [0.29, 0.717) is 22.1 Å². The Labute approximate surface area is 122 Å². The van der Waals surface area contributed by atoms with E-state index in [-0.39, 0.29) is 6.42 Å². The van der Waals surface area contributed by atoms with Crippen molar-refractivity contribution in [3.05, 3.63) is 58.1 Å². The molecule has 0 heterocycles. The second-order valence-corrected chi connectivity index (χ2v) is 5.11. The third-order valence-electron chi connectivity index (χ3n) is 3.07. The first-order valence-corrected chi connectivity index (χ1v) is 6.59. The van der Waals surface area contributed by atoms with Crippen molar-refractivity contribution in [2.24, 2.45) is 0 Å². The number of rotatable bonds is 4. The summed E-state index contributed by atoms with van der Waals surface area (Å²) in [6, 6.07) is 10.7. The molecule has 0 unspecified atom stereocenters. The van der Waals surface area contributed by atoms with Gasteiger partial charge in [-0.2, -0.15) is 0 Å². The normalized spacial score (nSPS) is 10.3. The lowest BCUT2D eigenvalue weighted by Crippen LogP contribution is -2.02. The number of carbonyl (C=O) groups is 1. The molecular weight excluding hydrogens is 276 g/mol. The first kappa shape index (κ1) is 14.4. The van der Waals surface area contributed by atoms with Gasteiger partial charge in [0.05, 0.1) is 6.42 Å². The molecule has 0 bridgehead atoms. The van der Waals surface area contributed by atoms with Crippen LogP contribution in [0.3, 0.4) is 0 Å². The van der Waals surface area contributed by atoms with Crippen LogP contribution in [0, 0.1) is 13.8 Å². The molecule has 0 aromatic heterocycles. The molecule has 0 saturated heterocycles. The molecule has 104 valence electrons. The number of halogens is 1. The molecule has 0 radical (unpaired) electrons. The molecule has 20 heavy (non-hydrogen) atoms. The van der Waals surface area contributed by atoms with Gasteiger partial charge in [0.1, 0.15) is 11.5 Å². The van der Waals surface area contributed by atoms with Crippen LogP contribution in [0.1, 0.15) is 16.7 Å². The van der Waals surface area contributed by atoms with Crippen molar-refractivity contribution in [1.29, 1.82) is 0 Å². The van der Waals surface area contributed by atoms with E-state index in [2.05, 4.69) is 0 Å². The molecule has 1 N–H and O–H groups in total. The Morgan fingerprint density at radius 1 is 1.15 bits per heavy atom. The Balaban J connectivity index is 2.32. The fraction of sp³-hybridized carbons (Fsp3) is 0.188. The van der Waals surface area contributed by atoms with E-state index in [1.807, 2.05) is 32.0 Å². The van der Waals surface area contributed by atoms with Gasteiger partial charge in [-0.1, -0.05) is 17.7 Å². The fourth-order valence-electron chi connectivity index (χ4n) is 1.85. The highest BCUT2D eigenvalue weighted by atomic mass is 35.5. The number of aryl methyl sites for hydroxylation is 2. The predicted octanol–water partition coefficient (Wildman–Crippen LogP) is 4.38. The van der Waals surface area contributed by atoms with Crippen molar-refractivity contribution in [3.63, 3.8) is 0 Å². The summed E-state index contributed by atoms with van der Waals surface area (Å²) >= 11 is 5.90. The van der Waals surface area contributed by atoms with Crippen molar-refractivity contribution in [1.82, 2.24) is 0 Å². The van der Waals surface area contributed by atoms with E-state index in [1.54, 1.807) is 18.2 Å². The van der Waals surface area contributed by atoms with Gasteiger partial charge in [0.2, 0.25) is 0 Å². The van der Waals surface area contributed by atoms with Gasteiger partial charge in [-0.15, -0.1) is 0 Å². The monoisotopic (exact) mass is 290 g/mol. The largest absolute Gasteiger partial charge is 0.481 e. The lowest BCUT2D eigenvalue weighted by atomic mass is 10.1. The average molecular weight is 291 g/mol. The lowest BCUT2D eigenvalue weighted by molar-refractivity contribution is -0.136. The Hall–Kier alpha value is -2.00. The summed E-state index contributed by atoms with van der Waals surface area (Å²) in [6.07, 6.45) is -0.124. The standard InChI is InChI=1S/C16H15ClO3/c1-10-3-5-14(7-11(10)2)20-15-6-4-13(17)8-12(15)9-16(18)19/h3-8H,9H2,1-2H3,(H,18,19). The molecule has 0 spiro atoms. The van der Waals surface area contributed by atoms with E-state index >= 15 is 0 Å². The van der Waals surface area contributed by atoms with Gasteiger partial charge in [0, 0.05) is 10.6 Å². The van der Waals surface area contributed by atoms with Crippen molar-refractivity contribution < 1.29 is 14.6 Å². The minimum Gasteiger partial charge on any atom is -0.481 e. The number of hydrogen-bond donors (Lipinski definition) is 1. The van der Waals surface area contributed by atoms with Crippen LogP contribution in [-0.4, -0.2) is 11.1 Å². The Morgan fingerprint density at radius 3 is 2.55 bits per heavy atom. The molecule has 0 atom stereocenters. The van der Waals surface area contributed by atoms with Gasteiger partial charge < -0.3 is 9.84 Å². The zero-order chi connectivity index (χ0) is 14.7. The summed E-state index contributed by atoms with van der Waals surface area (Å²) < 4.78 is 5.78. The van der Waals surface area contributed by atoms with Gasteiger partial charge >= 0.3 is 5.97 Å². The van der Waals surface area contributed by atoms with Gasteiger partial charge in [0.25, 0.3) is 0 Å². The van der Waals surface area contributed by atoms with Crippen molar-refractivity contribution in [2.45, 2.75) is 20.3 Å². The highest BCUT2D eigenvalue weighted by molar-refractivity contribution is 6.30. The summed E-state index contributed by atoms with van der Waals surface area (Å²) in [5.74, 6) is 0.277. The molecule has 0 aliphatic rings. The van der Waals surface area contributed by atoms with E-state index in [4.69, 9.17) is 21.4 Å². The molecule has 0 saturated carbocycles. The molecule has 3 nitrogen and oxygen atoms in total. The van der Waals surface area contributed by atoms with Crippen LogP contribution >= 0.6 is 11.6 Å². The van der Waals surface area contributed by atoms with E-state index < -0.39 is 5.97 Å². The second-order valence-electron chi connectivity index (χ2n) is 4.67. The summed E-state index contributed by atoms with van der Waals surface area (Å²) in [7, 11) is 0.